The minimum Gasteiger partial charge on any atom is -0.452 e. The van der Waals surface area contributed by atoms with Gasteiger partial charge in [0.15, 0.2) is 6.61 Å². The van der Waals surface area contributed by atoms with Crippen LogP contribution in [0.25, 0.3) is 0 Å². The van der Waals surface area contributed by atoms with E-state index in [2.05, 4.69) is 5.32 Å². The molecule has 0 unspecified atom stereocenters. The highest BCUT2D eigenvalue weighted by Gasteiger charge is 2.18. The molecular formula is C17H16ClFN2O5S. The number of halogens is 2. The Morgan fingerprint density at radius 1 is 1.15 bits per heavy atom. The molecule has 0 aliphatic rings. The maximum Gasteiger partial charge on any atom is 0.338 e. The number of nitrogens with one attached hydrogen (secondary N) is 1. The van der Waals surface area contributed by atoms with Gasteiger partial charge in [-0.2, -0.15) is 0 Å². The van der Waals surface area contributed by atoms with Gasteiger partial charge in [0.05, 0.1) is 16.1 Å². The van der Waals surface area contributed by atoms with Crippen molar-refractivity contribution < 1.29 is 27.1 Å². The van der Waals surface area contributed by atoms with Crippen LogP contribution < -0.4 is 5.32 Å². The smallest absolute Gasteiger partial charge is 0.338 e. The largest absolute Gasteiger partial charge is 0.452 e. The first-order valence-electron chi connectivity index (χ1n) is 7.56. The molecule has 0 heterocycles. The van der Waals surface area contributed by atoms with Gasteiger partial charge < -0.3 is 10.1 Å². The highest BCUT2D eigenvalue weighted by molar-refractivity contribution is 7.89. The van der Waals surface area contributed by atoms with E-state index in [1.54, 1.807) is 0 Å². The number of rotatable bonds is 6. The van der Waals surface area contributed by atoms with E-state index in [4.69, 9.17) is 16.3 Å². The SMILES string of the molecule is CN(C)S(=O)(=O)c1ccc(C(=O)OCC(=O)Nc2cc(Cl)ccc2F)cc1. The van der Waals surface area contributed by atoms with Crippen molar-refractivity contribution in [1.29, 1.82) is 0 Å². The first-order valence-corrected chi connectivity index (χ1v) is 9.37. The average molecular weight is 415 g/mol. The van der Waals surface area contributed by atoms with Crippen LogP contribution in [0.2, 0.25) is 5.02 Å². The zero-order valence-corrected chi connectivity index (χ0v) is 16.0. The molecule has 144 valence electrons. The van der Waals surface area contributed by atoms with E-state index < -0.39 is 34.3 Å². The molecular weight excluding hydrogens is 399 g/mol. The van der Waals surface area contributed by atoms with E-state index >= 15 is 0 Å². The molecule has 0 radical (unpaired) electrons. The van der Waals surface area contributed by atoms with Crippen molar-refractivity contribution in [2.75, 3.05) is 26.0 Å². The Hall–Kier alpha value is -2.49. The summed E-state index contributed by atoms with van der Waals surface area (Å²) in [6, 6.07) is 8.70. The molecule has 0 aromatic heterocycles. The number of anilines is 1. The Balaban J connectivity index is 1.97. The fourth-order valence-electron chi connectivity index (χ4n) is 1.97. The normalized spacial score (nSPS) is 11.3. The van der Waals surface area contributed by atoms with E-state index in [-0.39, 0.29) is 21.2 Å². The number of nitrogens with zero attached hydrogens (tertiary/aromatic N) is 1. The minimum atomic E-state index is -3.62. The molecule has 27 heavy (non-hydrogen) atoms. The second-order valence-corrected chi connectivity index (χ2v) is 8.15. The highest BCUT2D eigenvalue weighted by Crippen LogP contribution is 2.19. The van der Waals surface area contributed by atoms with Gasteiger partial charge in [0, 0.05) is 19.1 Å². The summed E-state index contributed by atoms with van der Waals surface area (Å²) in [5.41, 5.74) is -0.0729. The first-order chi connectivity index (χ1) is 12.6. The van der Waals surface area contributed by atoms with Crippen LogP contribution in [0, 0.1) is 5.82 Å². The van der Waals surface area contributed by atoms with Crippen LogP contribution in [-0.4, -0.2) is 45.3 Å². The third kappa shape index (κ3) is 5.25. The standard InChI is InChI=1S/C17H16ClFN2O5S/c1-21(2)27(24,25)13-6-3-11(4-7-13)17(23)26-10-16(22)20-15-9-12(18)5-8-14(15)19/h3-9H,10H2,1-2H3,(H,20,22). The molecule has 1 N–H and O–H groups in total. The van der Waals surface area contributed by atoms with Gasteiger partial charge in [0.2, 0.25) is 10.0 Å². The third-order valence-electron chi connectivity index (χ3n) is 3.41. The summed E-state index contributed by atoms with van der Waals surface area (Å²) in [6.07, 6.45) is 0. The van der Waals surface area contributed by atoms with Crippen molar-refractivity contribution >= 4 is 39.2 Å². The number of carbonyl (C=O) groups excluding carboxylic acids is 2. The molecule has 0 spiro atoms. The number of benzene rings is 2. The first kappa shape index (κ1) is 20.8. The van der Waals surface area contributed by atoms with Crippen molar-refractivity contribution in [1.82, 2.24) is 4.31 Å². The number of amides is 1. The maximum atomic E-state index is 13.6. The summed E-state index contributed by atoms with van der Waals surface area (Å²) < 4.78 is 43.4. The van der Waals surface area contributed by atoms with Crippen molar-refractivity contribution in [3.63, 3.8) is 0 Å². The lowest BCUT2D eigenvalue weighted by molar-refractivity contribution is -0.119. The van der Waals surface area contributed by atoms with Gasteiger partial charge in [0.1, 0.15) is 5.82 Å². The van der Waals surface area contributed by atoms with Gasteiger partial charge in [-0.3, -0.25) is 4.79 Å². The predicted molar refractivity (Wildman–Crippen MR) is 97.6 cm³/mol. The minimum absolute atomic E-state index is 0.0122. The van der Waals surface area contributed by atoms with Crippen molar-refractivity contribution in [3.05, 3.63) is 58.9 Å². The van der Waals surface area contributed by atoms with Crippen molar-refractivity contribution in [2.24, 2.45) is 0 Å². The van der Waals surface area contributed by atoms with Crippen LogP contribution in [0.5, 0.6) is 0 Å². The zero-order chi connectivity index (χ0) is 20.2. The predicted octanol–water partition coefficient (Wildman–Crippen LogP) is 2.52. The lowest BCUT2D eigenvalue weighted by Gasteiger charge is -2.11. The summed E-state index contributed by atoms with van der Waals surface area (Å²) in [4.78, 5) is 23.8. The van der Waals surface area contributed by atoms with Crippen LogP contribution in [0.15, 0.2) is 47.4 Å². The summed E-state index contributed by atoms with van der Waals surface area (Å²) in [5.74, 6) is -2.27. The molecule has 0 fully saturated rings. The fraction of sp³-hybridized carbons (Fsp3) is 0.176. The number of ether oxygens (including phenoxy) is 1. The monoisotopic (exact) mass is 414 g/mol. The van der Waals surface area contributed by atoms with Gasteiger partial charge in [-0.1, -0.05) is 11.6 Å². The van der Waals surface area contributed by atoms with Gasteiger partial charge in [-0.25, -0.2) is 21.9 Å². The van der Waals surface area contributed by atoms with Crippen LogP contribution in [0.3, 0.4) is 0 Å². The van der Waals surface area contributed by atoms with Crippen molar-refractivity contribution in [2.45, 2.75) is 4.90 Å². The Morgan fingerprint density at radius 3 is 2.37 bits per heavy atom. The number of hydrogen-bond acceptors (Lipinski definition) is 5. The van der Waals surface area contributed by atoms with Crippen LogP contribution in [0.1, 0.15) is 10.4 Å². The van der Waals surface area contributed by atoms with Crippen LogP contribution >= 0.6 is 11.6 Å². The molecule has 2 rings (SSSR count). The van der Waals surface area contributed by atoms with Crippen LogP contribution in [0.4, 0.5) is 10.1 Å². The summed E-state index contributed by atoms with van der Waals surface area (Å²) >= 11 is 5.72. The van der Waals surface area contributed by atoms with E-state index in [9.17, 15) is 22.4 Å². The van der Waals surface area contributed by atoms with Gasteiger partial charge in [-0.15, -0.1) is 0 Å². The lowest BCUT2D eigenvalue weighted by atomic mass is 10.2. The maximum absolute atomic E-state index is 13.6. The second-order valence-electron chi connectivity index (χ2n) is 5.56. The zero-order valence-electron chi connectivity index (χ0n) is 14.4. The number of sulfonamides is 1. The highest BCUT2D eigenvalue weighted by atomic mass is 35.5. The summed E-state index contributed by atoms with van der Waals surface area (Å²) in [5, 5.41) is 2.47. The number of esters is 1. The Bertz CT molecular complexity index is 962. The van der Waals surface area contributed by atoms with Crippen molar-refractivity contribution in [3.8, 4) is 0 Å². The Kier molecular flexibility index (Phi) is 6.53. The average Bonchev–Trinajstić information content (AvgIpc) is 2.62. The molecule has 10 heteroatoms. The Morgan fingerprint density at radius 2 is 1.78 bits per heavy atom. The van der Waals surface area contributed by atoms with E-state index in [0.717, 1.165) is 10.4 Å². The quantitative estimate of drug-likeness (QED) is 0.733. The summed E-state index contributed by atoms with van der Waals surface area (Å²) in [7, 11) is -0.841. The molecule has 0 aliphatic heterocycles. The molecule has 0 saturated heterocycles. The Labute approximate surface area is 160 Å². The molecule has 2 aromatic rings. The molecule has 7 nitrogen and oxygen atoms in total. The number of hydrogen-bond donors (Lipinski definition) is 1. The molecule has 0 saturated carbocycles. The van der Waals surface area contributed by atoms with Gasteiger partial charge >= 0.3 is 5.97 Å². The summed E-state index contributed by atoms with van der Waals surface area (Å²) in [6.45, 7) is -0.650. The third-order valence-corrected chi connectivity index (χ3v) is 5.47. The van der Waals surface area contributed by atoms with E-state index in [1.807, 2.05) is 0 Å². The molecule has 2 aromatic carbocycles. The van der Waals surface area contributed by atoms with E-state index in [0.29, 0.717) is 0 Å². The van der Waals surface area contributed by atoms with Gasteiger partial charge in [-0.05, 0) is 42.5 Å². The van der Waals surface area contributed by atoms with E-state index in [1.165, 1.54) is 50.5 Å². The second kappa shape index (κ2) is 8.47. The number of carbonyl (C=O) groups is 2. The lowest BCUT2D eigenvalue weighted by Crippen LogP contribution is -2.22. The fourth-order valence-corrected chi connectivity index (χ4v) is 3.04. The topological polar surface area (TPSA) is 92.8 Å². The molecule has 0 atom stereocenters. The molecule has 0 bridgehead atoms. The van der Waals surface area contributed by atoms with Gasteiger partial charge in [0.25, 0.3) is 5.91 Å². The van der Waals surface area contributed by atoms with Crippen LogP contribution in [-0.2, 0) is 19.6 Å². The molecule has 0 aliphatic carbocycles. The molecule has 1 amide bonds.